The van der Waals surface area contributed by atoms with Crippen LogP contribution in [0.2, 0.25) is 5.02 Å². The number of nitrogen functional groups attached to an aromatic ring is 1. The molecule has 4 rings (SSSR count). The molecule has 0 radical (unpaired) electrons. The Labute approximate surface area is 226 Å². The van der Waals surface area contributed by atoms with Crippen LogP contribution < -0.4 is 15.2 Å². The van der Waals surface area contributed by atoms with Crippen LogP contribution in [0, 0.1) is 6.92 Å². The van der Waals surface area contributed by atoms with Crippen LogP contribution in [0.1, 0.15) is 21.7 Å². The summed E-state index contributed by atoms with van der Waals surface area (Å²) in [7, 11) is -2.35. The lowest BCUT2D eigenvalue weighted by Crippen LogP contribution is -2.31. The van der Waals surface area contributed by atoms with Gasteiger partial charge >= 0.3 is 0 Å². The van der Waals surface area contributed by atoms with E-state index in [0.717, 1.165) is 10.6 Å². The minimum absolute atomic E-state index is 0.0470. The van der Waals surface area contributed by atoms with Crippen molar-refractivity contribution in [3.05, 3.63) is 99.0 Å². The number of rotatable bonds is 11. The van der Waals surface area contributed by atoms with Gasteiger partial charge in [-0.15, -0.1) is 11.3 Å². The second-order valence-electron chi connectivity index (χ2n) is 8.33. The molecule has 0 spiro atoms. The molecular formula is C27H28ClN3O4S2. The van der Waals surface area contributed by atoms with Gasteiger partial charge in [-0.3, -0.25) is 0 Å². The van der Waals surface area contributed by atoms with Crippen molar-refractivity contribution in [1.29, 1.82) is 0 Å². The van der Waals surface area contributed by atoms with Gasteiger partial charge in [0.05, 0.1) is 29.8 Å². The fourth-order valence-corrected chi connectivity index (χ4v) is 6.15. The second-order valence-corrected chi connectivity index (χ2v) is 11.6. The van der Waals surface area contributed by atoms with Gasteiger partial charge in [-0.2, -0.15) is 4.31 Å². The number of nitrogens with two attached hydrogens (primary N) is 1. The molecule has 4 aromatic rings. The topological polar surface area (TPSA) is 94.8 Å². The Kier molecular flexibility index (Phi) is 8.71. The van der Waals surface area contributed by atoms with E-state index in [1.54, 1.807) is 42.7 Å². The van der Waals surface area contributed by atoms with E-state index in [-0.39, 0.29) is 18.0 Å². The highest BCUT2D eigenvalue weighted by molar-refractivity contribution is 7.89. The lowest BCUT2D eigenvalue weighted by molar-refractivity contribution is 0.290. The van der Waals surface area contributed by atoms with Crippen LogP contribution in [-0.2, 0) is 29.5 Å². The van der Waals surface area contributed by atoms with Crippen LogP contribution in [0.3, 0.4) is 0 Å². The molecule has 0 amide bonds. The number of ether oxygens (including phenoxy) is 2. The summed E-state index contributed by atoms with van der Waals surface area (Å²) in [5.41, 5.74) is 10.9. The van der Waals surface area contributed by atoms with Crippen LogP contribution in [-0.4, -0.2) is 31.4 Å². The van der Waals surface area contributed by atoms with Gasteiger partial charge in [0, 0.05) is 40.7 Å². The lowest BCUT2D eigenvalue weighted by Gasteiger charge is -2.25. The quantitative estimate of drug-likeness (QED) is 0.237. The zero-order valence-electron chi connectivity index (χ0n) is 20.6. The normalized spacial score (nSPS) is 11.6. The summed E-state index contributed by atoms with van der Waals surface area (Å²) in [6.45, 7) is 2.49. The van der Waals surface area contributed by atoms with Crippen LogP contribution in [0.25, 0.3) is 0 Å². The van der Waals surface area contributed by atoms with Gasteiger partial charge in [-0.1, -0.05) is 41.9 Å². The SMILES string of the molecule is COc1cccc(CN(Cc2ccccc2N)S(=O)(=O)c2ccc(Cl)cc2)c1OCCc1scnc1C. The number of halogens is 1. The molecular weight excluding hydrogens is 530 g/mol. The molecule has 0 aliphatic rings. The first-order chi connectivity index (χ1) is 17.8. The standard InChI is InChI=1S/C27H28ClN3O4S2/c1-19-26(36-18-30-19)14-15-35-27-21(7-5-9-25(27)34-2)17-31(16-20-6-3-4-8-24(20)29)37(32,33)23-12-10-22(28)11-13-23/h3-13,18H,14-17,29H2,1-2H3. The minimum Gasteiger partial charge on any atom is -0.493 e. The van der Waals surface area contributed by atoms with E-state index < -0.39 is 10.0 Å². The number of thiazole rings is 1. The molecule has 37 heavy (non-hydrogen) atoms. The van der Waals surface area contributed by atoms with Gasteiger partial charge in [0.25, 0.3) is 0 Å². The van der Waals surface area contributed by atoms with E-state index in [4.69, 9.17) is 26.8 Å². The largest absolute Gasteiger partial charge is 0.493 e. The van der Waals surface area contributed by atoms with E-state index in [1.807, 2.05) is 42.8 Å². The summed E-state index contributed by atoms with van der Waals surface area (Å²) in [6, 6.07) is 18.8. The van der Waals surface area contributed by atoms with E-state index in [2.05, 4.69) is 4.98 Å². The molecule has 0 bridgehead atoms. The summed E-state index contributed by atoms with van der Waals surface area (Å²) < 4.78 is 40.7. The van der Waals surface area contributed by atoms with Gasteiger partial charge in [-0.05, 0) is 48.9 Å². The molecule has 0 saturated heterocycles. The van der Waals surface area contributed by atoms with Crippen molar-refractivity contribution in [3.8, 4) is 11.5 Å². The van der Waals surface area contributed by atoms with Crippen molar-refractivity contribution in [3.63, 3.8) is 0 Å². The van der Waals surface area contributed by atoms with E-state index >= 15 is 0 Å². The summed E-state index contributed by atoms with van der Waals surface area (Å²) in [5, 5.41) is 0.456. The Morgan fingerprint density at radius 1 is 1.00 bits per heavy atom. The second kappa shape index (κ2) is 12.0. The smallest absolute Gasteiger partial charge is 0.243 e. The van der Waals surface area contributed by atoms with E-state index in [0.29, 0.717) is 46.4 Å². The molecule has 0 saturated carbocycles. The van der Waals surface area contributed by atoms with E-state index in [1.165, 1.54) is 16.4 Å². The predicted octanol–water partition coefficient (Wildman–Crippen LogP) is 5.71. The first-order valence-electron chi connectivity index (χ1n) is 11.6. The van der Waals surface area contributed by atoms with Gasteiger partial charge in [-0.25, -0.2) is 13.4 Å². The maximum Gasteiger partial charge on any atom is 0.243 e. The first kappa shape index (κ1) is 26.9. The number of methoxy groups -OCH3 is 1. The van der Waals surface area contributed by atoms with Crippen molar-refractivity contribution in [2.24, 2.45) is 0 Å². The third-order valence-electron chi connectivity index (χ3n) is 5.90. The molecule has 0 aliphatic heterocycles. The number of benzene rings is 3. The molecule has 0 aliphatic carbocycles. The van der Waals surface area contributed by atoms with Crippen molar-refractivity contribution >= 4 is 38.6 Å². The maximum atomic E-state index is 13.8. The molecule has 1 heterocycles. The molecule has 0 fully saturated rings. The summed E-state index contributed by atoms with van der Waals surface area (Å²) in [6.07, 6.45) is 0.682. The van der Waals surface area contributed by atoms with Crippen LogP contribution in [0.4, 0.5) is 5.69 Å². The first-order valence-corrected chi connectivity index (χ1v) is 14.3. The summed E-state index contributed by atoms with van der Waals surface area (Å²) in [5.74, 6) is 1.03. The number of nitrogens with zero attached hydrogens (tertiary/aromatic N) is 2. The average Bonchev–Trinajstić information content (AvgIpc) is 3.30. The molecule has 7 nitrogen and oxygen atoms in total. The highest BCUT2D eigenvalue weighted by Gasteiger charge is 2.27. The summed E-state index contributed by atoms with van der Waals surface area (Å²) in [4.78, 5) is 5.57. The lowest BCUT2D eigenvalue weighted by atomic mass is 10.1. The maximum absolute atomic E-state index is 13.8. The van der Waals surface area contributed by atoms with Crippen LogP contribution >= 0.6 is 22.9 Å². The third-order valence-corrected chi connectivity index (χ3v) is 8.95. The van der Waals surface area contributed by atoms with Crippen molar-refractivity contribution in [2.45, 2.75) is 31.3 Å². The van der Waals surface area contributed by atoms with Gasteiger partial charge in [0.1, 0.15) is 0 Å². The Bertz CT molecular complexity index is 1460. The molecule has 194 valence electrons. The predicted molar refractivity (Wildman–Crippen MR) is 148 cm³/mol. The number of hydrogen-bond donors (Lipinski definition) is 1. The number of para-hydroxylation sites is 2. The Hall–Kier alpha value is -3.11. The van der Waals surface area contributed by atoms with Crippen molar-refractivity contribution < 1.29 is 17.9 Å². The highest BCUT2D eigenvalue weighted by Crippen LogP contribution is 2.34. The highest BCUT2D eigenvalue weighted by atomic mass is 35.5. The Balaban J connectivity index is 1.68. The minimum atomic E-state index is -3.91. The molecule has 0 unspecified atom stereocenters. The molecule has 10 heteroatoms. The van der Waals surface area contributed by atoms with Gasteiger partial charge < -0.3 is 15.2 Å². The Morgan fingerprint density at radius 2 is 1.70 bits per heavy atom. The van der Waals surface area contributed by atoms with Crippen molar-refractivity contribution in [2.75, 3.05) is 19.5 Å². The number of anilines is 1. The van der Waals surface area contributed by atoms with Crippen molar-refractivity contribution in [1.82, 2.24) is 9.29 Å². The fourth-order valence-electron chi connectivity index (χ4n) is 3.86. The number of aryl methyl sites for hydroxylation is 1. The van der Waals surface area contributed by atoms with Gasteiger partial charge in [0.15, 0.2) is 11.5 Å². The number of sulfonamides is 1. The Morgan fingerprint density at radius 3 is 2.38 bits per heavy atom. The van der Waals surface area contributed by atoms with E-state index in [9.17, 15) is 8.42 Å². The van der Waals surface area contributed by atoms with Crippen LogP contribution in [0.5, 0.6) is 11.5 Å². The molecule has 3 aromatic carbocycles. The molecule has 2 N–H and O–H groups in total. The number of aromatic nitrogens is 1. The third kappa shape index (κ3) is 6.42. The fraction of sp³-hybridized carbons (Fsp3) is 0.222. The molecule has 1 aromatic heterocycles. The van der Waals surface area contributed by atoms with Crippen LogP contribution in [0.15, 0.2) is 77.1 Å². The van der Waals surface area contributed by atoms with Gasteiger partial charge in [0.2, 0.25) is 10.0 Å². The monoisotopic (exact) mass is 557 g/mol. The zero-order chi connectivity index (χ0) is 26.4. The number of hydrogen-bond acceptors (Lipinski definition) is 7. The average molecular weight is 558 g/mol. The molecule has 0 atom stereocenters. The zero-order valence-corrected chi connectivity index (χ0v) is 22.9. The summed E-state index contributed by atoms with van der Waals surface area (Å²) >= 11 is 7.60.